The van der Waals surface area contributed by atoms with E-state index in [1.54, 1.807) is 19.2 Å². The second kappa shape index (κ2) is 10.1. The molecule has 26 heavy (non-hydrogen) atoms. The average Bonchev–Trinajstić information content (AvgIpc) is 3.20. The molecule has 8 heteroatoms. The predicted molar refractivity (Wildman–Crippen MR) is 109 cm³/mol. The Morgan fingerprint density at radius 1 is 1.31 bits per heavy atom. The van der Waals surface area contributed by atoms with Gasteiger partial charge in [-0.1, -0.05) is 12.1 Å². The standard InChI is InChI=1S/C18H25FN4O2.HI/c1-20-18(23-15-11-14-5-6-16(15)25-14)22-8-7-21-17(24)10-12-3-2-4-13(19)9-12;/h2-4,9,14-16H,5-8,10-11H2,1H3,(H,21,24)(H2,20,22,23);1H. The van der Waals surface area contributed by atoms with Crippen molar-refractivity contribution in [2.45, 2.75) is 43.9 Å². The number of aliphatic imine (C=N–C) groups is 1. The van der Waals surface area contributed by atoms with Crippen LogP contribution in [-0.2, 0) is 16.0 Å². The normalized spacial score (nSPS) is 24.1. The summed E-state index contributed by atoms with van der Waals surface area (Å²) in [5.74, 6) is 0.267. The van der Waals surface area contributed by atoms with Gasteiger partial charge in [0.2, 0.25) is 5.91 Å². The van der Waals surface area contributed by atoms with Crippen LogP contribution in [0, 0.1) is 5.82 Å². The highest BCUT2D eigenvalue weighted by Crippen LogP contribution is 2.34. The Bertz CT molecular complexity index is 643. The SMILES string of the molecule is CN=C(NCCNC(=O)Cc1cccc(F)c1)NC1CC2CCC1O2.I. The maximum Gasteiger partial charge on any atom is 0.224 e. The zero-order valence-corrected chi connectivity index (χ0v) is 17.2. The van der Waals surface area contributed by atoms with Crippen molar-refractivity contribution < 1.29 is 13.9 Å². The van der Waals surface area contributed by atoms with Gasteiger partial charge in [-0.2, -0.15) is 0 Å². The number of nitrogens with zero attached hydrogens (tertiary/aromatic N) is 1. The summed E-state index contributed by atoms with van der Waals surface area (Å²) >= 11 is 0. The lowest BCUT2D eigenvalue weighted by Crippen LogP contribution is -2.48. The summed E-state index contributed by atoms with van der Waals surface area (Å²) in [6.45, 7) is 1.04. The molecule has 0 saturated carbocycles. The van der Waals surface area contributed by atoms with E-state index in [9.17, 15) is 9.18 Å². The van der Waals surface area contributed by atoms with E-state index in [0.29, 0.717) is 30.8 Å². The lowest BCUT2D eigenvalue weighted by Gasteiger charge is -2.22. The van der Waals surface area contributed by atoms with Gasteiger partial charge in [0, 0.05) is 20.1 Å². The van der Waals surface area contributed by atoms with Crippen LogP contribution in [0.1, 0.15) is 24.8 Å². The molecule has 2 aliphatic rings. The summed E-state index contributed by atoms with van der Waals surface area (Å²) in [7, 11) is 1.73. The molecule has 2 saturated heterocycles. The zero-order valence-electron chi connectivity index (χ0n) is 14.8. The van der Waals surface area contributed by atoms with E-state index in [-0.39, 0.29) is 48.2 Å². The summed E-state index contributed by atoms with van der Waals surface area (Å²) < 4.78 is 18.9. The van der Waals surface area contributed by atoms with Crippen LogP contribution in [-0.4, -0.2) is 50.3 Å². The van der Waals surface area contributed by atoms with Crippen molar-refractivity contribution in [3.63, 3.8) is 0 Å². The molecule has 0 aromatic heterocycles. The van der Waals surface area contributed by atoms with Crippen LogP contribution in [0.2, 0.25) is 0 Å². The highest BCUT2D eigenvalue weighted by atomic mass is 127. The van der Waals surface area contributed by atoms with Gasteiger partial charge in [-0.25, -0.2) is 4.39 Å². The summed E-state index contributed by atoms with van der Waals surface area (Å²) in [5.41, 5.74) is 0.666. The molecule has 0 spiro atoms. The van der Waals surface area contributed by atoms with E-state index in [1.165, 1.54) is 12.1 Å². The van der Waals surface area contributed by atoms with E-state index in [4.69, 9.17) is 4.74 Å². The summed E-state index contributed by atoms with van der Waals surface area (Å²) in [5, 5.41) is 9.40. The smallest absolute Gasteiger partial charge is 0.224 e. The van der Waals surface area contributed by atoms with Crippen LogP contribution in [0.5, 0.6) is 0 Å². The van der Waals surface area contributed by atoms with Crippen LogP contribution in [0.4, 0.5) is 4.39 Å². The first kappa shape index (κ1) is 20.9. The van der Waals surface area contributed by atoms with Crippen LogP contribution in [0.25, 0.3) is 0 Å². The average molecular weight is 476 g/mol. The number of ether oxygens (including phenoxy) is 1. The molecule has 1 aromatic rings. The van der Waals surface area contributed by atoms with E-state index in [2.05, 4.69) is 20.9 Å². The van der Waals surface area contributed by atoms with Gasteiger partial charge in [0.15, 0.2) is 5.96 Å². The lowest BCUT2D eigenvalue weighted by molar-refractivity contribution is -0.120. The molecule has 3 N–H and O–H groups in total. The number of amides is 1. The topological polar surface area (TPSA) is 74.8 Å². The quantitative estimate of drug-likeness (QED) is 0.253. The molecule has 2 heterocycles. The molecule has 6 nitrogen and oxygen atoms in total. The van der Waals surface area contributed by atoms with Gasteiger partial charge in [-0.15, -0.1) is 24.0 Å². The molecule has 3 unspecified atom stereocenters. The van der Waals surface area contributed by atoms with Crippen LogP contribution in [0.15, 0.2) is 29.3 Å². The van der Waals surface area contributed by atoms with Crippen LogP contribution >= 0.6 is 24.0 Å². The Balaban J connectivity index is 0.00000243. The Kier molecular flexibility index (Phi) is 8.08. The first-order chi connectivity index (χ1) is 12.1. The molecule has 0 radical (unpaired) electrons. The Labute approximate surface area is 170 Å². The molecule has 2 fully saturated rings. The summed E-state index contributed by atoms with van der Waals surface area (Å²) in [4.78, 5) is 16.1. The van der Waals surface area contributed by atoms with Gasteiger partial charge in [0.1, 0.15) is 5.82 Å². The Hall–Kier alpha value is -1.42. The molecule has 1 aromatic carbocycles. The van der Waals surface area contributed by atoms with Crippen molar-refractivity contribution in [3.8, 4) is 0 Å². The number of carbonyl (C=O) groups excluding carboxylic acids is 1. The van der Waals surface area contributed by atoms with Crippen molar-refractivity contribution in [2.24, 2.45) is 4.99 Å². The number of benzene rings is 1. The van der Waals surface area contributed by atoms with Gasteiger partial charge in [0.05, 0.1) is 24.7 Å². The maximum absolute atomic E-state index is 13.1. The second-order valence-electron chi connectivity index (χ2n) is 6.52. The minimum absolute atomic E-state index is 0. The number of hydrogen-bond donors (Lipinski definition) is 3. The number of hydrogen-bond acceptors (Lipinski definition) is 3. The largest absolute Gasteiger partial charge is 0.373 e. The number of guanidine groups is 1. The molecule has 3 rings (SSSR count). The number of fused-ring (bicyclic) bond motifs is 2. The van der Waals surface area contributed by atoms with Crippen molar-refractivity contribution >= 4 is 35.8 Å². The van der Waals surface area contributed by atoms with Crippen molar-refractivity contribution in [3.05, 3.63) is 35.6 Å². The minimum Gasteiger partial charge on any atom is -0.373 e. The van der Waals surface area contributed by atoms with E-state index >= 15 is 0 Å². The number of rotatable bonds is 6. The molecule has 0 aliphatic carbocycles. The molecule has 3 atom stereocenters. The van der Waals surface area contributed by atoms with Gasteiger partial charge >= 0.3 is 0 Å². The maximum atomic E-state index is 13.1. The fourth-order valence-electron chi connectivity index (χ4n) is 3.44. The van der Waals surface area contributed by atoms with Gasteiger partial charge in [-0.3, -0.25) is 9.79 Å². The van der Waals surface area contributed by atoms with Gasteiger partial charge in [0.25, 0.3) is 0 Å². The first-order valence-electron chi connectivity index (χ1n) is 8.78. The third-order valence-electron chi connectivity index (χ3n) is 4.65. The minimum atomic E-state index is -0.327. The van der Waals surface area contributed by atoms with Crippen molar-refractivity contribution in [2.75, 3.05) is 20.1 Å². The molecule has 144 valence electrons. The van der Waals surface area contributed by atoms with E-state index in [1.807, 2.05) is 0 Å². The summed E-state index contributed by atoms with van der Waals surface area (Å²) in [6, 6.07) is 6.40. The van der Waals surface area contributed by atoms with Gasteiger partial charge < -0.3 is 20.7 Å². The third kappa shape index (κ3) is 5.80. The molecular weight excluding hydrogens is 450 g/mol. The van der Waals surface area contributed by atoms with Crippen LogP contribution < -0.4 is 16.0 Å². The van der Waals surface area contributed by atoms with E-state index in [0.717, 1.165) is 25.2 Å². The highest BCUT2D eigenvalue weighted by molar-refractivity contribution is 14.0. The number of halogens is 2. The molecule has 2 aliphatic heterocycles. The fraction of sp³-hybridized carbons (Fsp3) is 0.556. The monoisotopic (exact) mass is 476 g/mol. The molecule has 1 amide bonds. The van der Waals surface area contributed by atoms with Crippen molar-refractivity contribution in [1.29, 1.82) is 0 Å². The predicted octanol–water partition coefficient (Wildman–Crippen LogP) is 1.59. The Morgan fingerprint density at radius 2 is 2.12 bits per heavy atom. The highest BCUT2D eigenvalue weighted by Gasteiger charge is 2.41. The van der Waals surface area contributed by atoms with Crippen LogP contribution in [0.3, 0.4) is 0 Å². The van der Waals surface area contributed by atoms with Crippen molar-refractivity contribution in [1.82, 2.24) is 16.0 Å². The first-order valence-corrected chi connectivity index (χ1v) is 8.78. The second-order valence-corrected chi connectivity index (χ2v) is 6.52. The van der Waals surface area contributed by atoms with Gasteiger partial charge in [-0.05, 0) is 37.0 Å². The van der Waals surface area contributed by atoms with E-state index < -0.39 is 0 Å². The zero-order chi connectivity index (χ0) is 17.6. The Morgan fingerprint density at radius 3 is 2.77 bits per heavy atom. The molecular formula is C18H26FIN4O2. The lowest BCUT2D eigenvalue weighted by atomic mass is 9.96. The number of carbonyl (C=O) groups is 1. The third-order valence-corrected chi connectivity index (χ3v) is 4.65. The molecule has 2 bridgehead atoms. The summed E-state index contributed by atoms with van der Waals surface area (Å²) in [6.07, 6.45) is 4.14. The fourth-order valence-corrected chi connectivity index (χ4v) is 3.44. The number of nitrogens with one attached hydrogen (secondary N) is 3.